The van der Waals surface area contributed by atoms with Crippen molar-refractivity contribution in [1.29, 1.82) is 0 Å². The Morgan fingerprint density at radius 2 is 1.04 bits per heavy atom. The summed E-state index contributed by atoms with van der Waals surface area (Å²) in [4.78, 5) is 28.7. The quantitative estimate of drug-likeness (QED) is 0.139. The van der Waals surface area contributed by atoms with E-state index in [1.54, 1.807) is 12.4 Å². The molecule has 5 heterocycles. The molecule has 11 aromatic rings. The van der Waals surface area contributed by atoms with Crippen molar-refractivity contribution in [3.63, 3.8) is 0 Å². The molecule has 236 valence electrons. The number of para-hydroxylation sites is 1. The number of nitrogens with zero attached hydrogens (tertiary/aromatic N) is 7. The second kappa shape index (κ2) is 10.7. The molecule has 0 saturated carbocycles. The van der Waals surface area contributed by atoms with Crippen LogP contribution in [0, 0.1) is 0 Å². The predicted molar refractivity (Wildman–Crippen MR) is 205 cm³/mol. The minimum Gasteiger partial charge on any atom is -0.308 e. The number of rotatable bonds is 4. The van der Waals surface area contributed by atoms with Crippen molar-refractivity contribution in [2.75, 3.05) is 0 Å². The van der Waals surface area contributed by atoms with E-state index >= 15 is 0 Å². The molecular weight excluding hydrogens is 627 g/mol. The Balaban J connectivity index is 1.22. The van der Waals surface area contributed by atoms with Gasteiger partial charge >= 0.3 is 0 Å². The van der Waals surface area contributed by atoms with Crippen LogP contribution in [0.15, 0.2) is 152 Å². The van der Waals surface area contributed by atoms with Crippen LogP contribution >= 0.6 is 0 Å². The van der Waals surface area contributed by atoms with Crippen LogP contribution in [0.25, 0.3) is 105 Å². The lowest BCUT2D eigenvalue weighted by Crippen LogP contribution is -2.03. The van der Waals surface area contributed by atoms with Gasteiger partial charge in [0.1, 0.15) is 0 Å². The second-order valence-electron chi connectivity index (χ2n) is 12.8. The molecule has 0 aliphatic carbocycles. The molecule has 51 heavy (non-hydrogen) atoms. The Morgan fingerprint density at radius 1 is 0.392 bits per heavy atom. The van der Waals surface area contributed by atoms with Gasteiger partial charge in [0.25, 0.3) is 0 Å². The zero-order valence-corrected chi connectivity index (χ0v) is 27.1. The van der Waals surface area contributed by atoms with E-state index in [2.05, 4.69) is 94.3 Å². The summed E-state index contributed by atoms with van der Waals surface area (Å²) >= 11 is 0. The molecule has 0 aliphatic rings. The molecule has 0 spiro atoms. The third-order valence-corrected chi connectivity index (χ3v) is 9.95. The highest BCUT2D eigenvalue weighted by Crippen LogP contribution is 2.44. The molecule has 6 aromatic carbocycles. The molecule has 7 heteroatoms. The van der Waals surface area contributed by atoms with Crippen LogP contribution in [0.3, 0.4) is 0 Å². The minimum absolute atomic E-state index is 0.404. The van der Waals surface area contributed by atoms with E-state index in [9.17, 15) is 0 Å². The van der Waals surface area contributed by atoms with E-state index in [1.165, 1.54) is 43.4 Å². The van der Waals surface area contributed by atoms with Gasteiger partial charge in [-0.15, -0.1) is 0 Å². The maximum atomic E-state index is 5.08. The van der Waals surface area contributed by atoms with Gasteiger partial charge in [0.05, 0.1) is 16.6 Å². The molecule has 0 bridgehead atoms. The maximum Gasteiger partial charge on any atom is 0.201 e. The Morgan fingerprint density at radius 3 is 1.86 bits per heavy atom. The molecular formula is C44H25N7. The fraction of sp³-hybridized carbons (Fsp3) is 0. The van der Waals surface area contributed by atoms with Gasteiger partial charge in [0.15, 0.2) is 17.5 Å². The van der Waals surface area contributed by atoms with Crippen LogP contribution in [-0.4, -0.2) is 34.3 Å². The number of pyridine rings is 2. The summed E-state index contributed by atoms with van der Waals surface area (Å²) in [5.41, 5.74) is 7.23. The average Bonchev–Trinajstić information content (AvgIpc) is 3.55. The van der Waals surface area contributed by atoms with Crippen LogP contribution < -0.4 is 0 Å². The lowest BCUT2D eigenvalue weighted by Gasteiger charge is -2.16. The largest absolute Gasteiger partial charge is 0.308 e. The molecule has 0 unspecified atom stereocenters. The van der Waals surface area contributed by atoms with E-state index in [-0.39, 0.29) is 0 Å². The number of hydrogen-bond acceptors (Lipinski definition) is 6. The van der Waals surface area contributed by atoms with Crippen molar-refractivity contribution in [3.8, 4) is 45.6 Å². The summed E-state index contributed by atoms with van der Waals surface area (Å²) < 4.78 is 2.43. The van der Waals surface area contributed by atoms with Gasteiger partial charge < -0.3 is 4.40 Å². The van der Waals surface area contributed by atoms with Gasteiger partial charge in [-0.3, -0.25) is 4.98 Å². The van der Waals surface area contributed by atoms with Crippen molar-refractivity contribution < 1.29 is 0 Å². The summed E-state index contributed by atoms with van der Waals surface area (Å²) in [6, 6.07) is 44.7. The van der Waals surface area contributed by atoms with Gasteiger partial charge in [0.2, 0.25) is 5.82 Å². The van der Waals surface area contributed by atoms with E-state index in [0.29, 0.717) is 23.3 Å². The Bertz CT molecular complexity index is 3120. The topological polar surface area (TPSA) is 81.8 Å². The molecule has 11 rings (SSSR count). The first-order chi connectivity index (χ1) is 25.3. The van der Waals surface area contributed by atoms with Gasteiger partial charge in [-0.05, 0) is 69.6 Å². The zero-order chi connectivity index (χ0) is 33.5. The van der Waals surface area contributed by atoms with Gasteiger partial charge in [-0.1, -0.05) is 84.9 Å². The monoisotopic (exact) mass is 651 g/mol. The van der Waals surface area contributed by atoms with E-state index < -0.39 is 0 Å². The van der Waals surface area contributed by atoms with E-state index in [4.69, 9.17) is 24.9 Å². The van der Waals surface area contributed by atoms with Crippen molar-refractivity contribution in [1.82, 2.24) is 34.3 Å². The molecule has 0 saturated heterocycles. The van der Waals surface area contributed by atoms with Crippen LogP contribution in [0.4, 0.5) is 0 Å². The lowest BCUT2D eigenvalue weighted by molar-refractivity contribution is 1.03. The number of fused-ring (bicyclic) bond motifs is 7. The summed E-state index contributed by atoms with van der Waals surface area (Å²) in [6.07, 6.45) is 7.13. The highest BCUT2D eigenvalue weighted by molar-refractivity contribution is 6.31. The molecule has 0 amide bonds. The zero-order valence-electron chi connectivity index (χ0n) is 27.1. The predicted octanol–water partition coefficient (Wildman–Crippen LogP) is 10.2. The lowest BCUT2D eigenvalue weighted by atomic mass is 9.93. The second-order valence-corrected chi connectivity index (χ2v) is 12.8. The van der Waals surface area contributed by atoms with Crippen molar-refractivity contribution in [3.05, 3.63) is 152 Å². The molecule has 7 nitrogen and oxygen atoms in total. The SMILES string of the molecule is c1ccc(-c2cnc(-c3nc(-c4ccncc4)nc(-c4cc5c6cc7ccccc7c7cccc(c76)n6c7ccccc7c(c4)c56)n3)nc2)cc1. The highest BCUT2D eigenvalue weighted by Gasteiger charge is 2.22. The van der Waals surface area contributed by atoms with Crippen molar-refractivity contribution >= 4 is 59.6 Å². The van der Waals surface area contributed by atoms with E-state index in [1.807, 2.05) is 54.9 Å². The van der Waals surface area contributed by atoms with Crippen LogP contribution in [0.5, 0.6) is 0 Å². The number of benzene rings is 6. The van der Waals surface area contributed by atoms with Gasteiger partial charge in [-0.2, -0.15) is 0 Å². The standard InChI is InChI=1S/C44H25N7/c1-2-9-26(10-3-1)30-24-46-43(47-25-30)44-49-41(27-17-19-45-20-18-27)48-42(50-44)29-22-35-32-13-6-7-15-37(32)51-38-16-8-14-33-31-12-5-4-11-28(31)21-34(39(33)38)36(23-29)40(35)51/h1-25H. The Hall–Kier alpha value is -7.12. The van der Waals surface area contributed by atoms with Crippen molar-refractivity contribution in [2.24, 2.45) is 0 Å². The van der Waals surface area contributed by atoms with Crippen LogP contribution in [-0.2, 0) is 0 Å². The van der Waals surface area contributed by atoms with E-state index in [0.717, 1.165) is 38.5 Å². The first-order valence-electron chi connectivity index (χ1n) is 16.9. The number of aromatic nitrogens is 7. The molecule has 0 N–H and O–H groups in total. The first-order valence-corrected chi connectivity index (χ1v) is 16.9. The Labute approximate surface area is 290 Å². The average molecular weight is 652 g/mol. The molecule has 5 aromatic heterocycles. The molecule has 0 atom stereocenters. The minimum atomic E-state index is 0.404. The van der Waals surface area contributed by atoms with Crippen molar-refractivity contribution in [2.45, 2.75) is 0 Å². The normalized spacial score (nSPS) is 11.9. The fourth-order valence-electron chi connectivity index (χ4n) is 7.68. The molecule has 0 aliphatic heterocycles. The summed E-state index contributed by atoms with van der Waals surface area (Å²) in [7, 11) is 0. The smallest absolute Gasteiger partial charge is 0.201 e. The summed E-state index contributed by atoms with van der Waals surface area (Å²) in [5, 5.41) is 9.59. The third kappa shape index (κ3) is 4.18. The third-order valence-electron chi connectivity index (χ3n) is 9.95. The summed E-state index contributed by atoms with van der Waals surface area (Å²) in [5.74, 6) is 1.91. The van der Waals surface area contributed by atoms with Gasteiger partial charge in [-0.25, -0.2) is 24.9 Å². The van der Waals surface area contributed by atoms with Crippen LogP contribution in [0.2, 0.25) is 0 Å². The summed E-state index contributed by atoms with van der Waals surface area (Å²) in [6.45, 7) is 0. The van der Waals surface area contributed by atoms with Gasteiger partial charge in [0, 0.05) is 63.0 Å². The maximum absolute atomic E-state index is 5.08. The first kappa shape index (κ1) is 27.8. The highest BCUT2D eigenvalue weighted by atomic mass is 15.1. The molecule has 0 radical (unpaired) electrons. The Kier molecular flexibility index (Phi) is 5.83. The fourth-order valence-corrected chi connectivity index (χ4v) is 7.68. The number of hydrogen-bond donors (Lipinski definition) is 0. The molecule has 0 fully saturated rings. The van der Waals surface area contributed by atoms with Crippen LogP contribution in [0.1, 0.15) is 0 Å².